The van der Waals surface area contributed by atoms with Crippen molar-refractivity contribution in [3.63, 3.8) is 0 Å². The normalized spacial score (nSPS) is 15.5. The van der Waals surface area contributed by atoms with Crippen molar-refractivity contribution in [2.75, 3.05) is 7.11 Å². The standard InChI is InChI=1S/C20H17ClN4O5/c1-30-16-7-10(5-6-15(16)26)13-9-14(24-23-13)17-18(27)22-20(29)25(19(17)28)12-4-2-3-11(21)8-12/h2-8,13,23,26,28H,9H2,1H3,(H,22,27,29). The van der Waals surface area contributed by atoms with Crippen molar-refractivity contribution in [1.29, 1.82) is 0 Å². The number of nitrogens with zero attached hydrogens (tertiary/aromatic N) is 2. The molecule has 0 fully saturated rings. The molecule has 10 heteroatoms. The van der Waals surface area contributed by atoms with E-state index in [9.17, 15) is 19.8 Å². The SMILES string of the molecule is COc1cc(C2CC(c3c(O)n(-c4cccc(Cl)c4)c(=O)[nH]c3=O)=NN2)ccc1O. The number of nitrogens with one attached hydrogen (secondary N) is 2. The minimum Gasteiger partial charge on any atom is -0.504 e. The van der Waals surface area contributed by atoms with Crippen molar-refractivity contribution in [3.05, 3.63) is 79.5 Å². The first kappa shape index (κ1) is 19.6. The monoisotopic (exact) mass is 428 g/mol. The minimum atomic E-state index is -0.796. The number of benzene rings is 2. The minimum absolute atomic E-state index is 0.00285. The van der Waals surface area contributed by atoms with E-state index >= 15 is 0 Å². The van der Waals surface area contributed by atoms with Gasteiger partial charge in [0.1, 0.15) is 5.56 Å². The van der Waals surface area contributed by atoms with Crippen molar-refractivity contribution in [1.82, 2.24) is 15.0 Å². The van der Waals surface area contributed by atoms with Gasteiger partial charge in [0.25, 0.3) is 5.56 Å². The fraction of sp³-hybridized carbons (Fsp3) is 0.150. The third-order valence-electron chi connectivity index (χ3n) is 4.80. The van der Waals surface area contributed by atoms with Gasteiger partial charge in [0.15, 0.2) is 11.5 Å². The number of hydrazone groups is 1. The lowest BCUT2D eigenvalue weighted by Gasteiger charge is -2.13. The van der Waals surface area contributed by atoms with Crippen LogP contribution in [0.3, 0.4) is 0 Å². The van der Waals surface area contributed by atoms with E-state index in [1.165, 1.54) is 19.2 Å². The van der Waals surface area contributed by atoms with Gasteiger partial charge in [-0.1, -0.05) is 23.7 Å². The van der Waals surface area contributed by atoms with Crippen molar-refractivity contribution < 1.29 is 14.9 Å². The summed E-state index contributed by atoms with van der Waals surface area (Å²) in [6.07, 6.45) is 0.262. The van der Waals surface area contributed by atoms with Crippen LogP contribution in [-0.4, -0.2) is 32.6 Å². The fourth-order valence-corrected chi connectivity index (χ4v) is 3.53. The number of phenols is 1. The molecule has 2 heterocycles. The smallest absolute Gasteiger partial charge is 0.335 e. The number of aromatic nitrogens is 2. The highest BCUT2D eigenvalue weighted by molar-refractivity contribution is 6.30. The predicted octanol–water partition coefficient (Wildman–Crippen LogP) is 2.04. The predicted molar refractivity (Wildman–Crippen MR) is 111 cm³/mol. The molecule has 0 radical (unpaired) electrons. The zero-order valence-electron chi connectivity index (χ0n) is 15.7. The number of H-pyrrole nitrogens is 1. The summed E-state index contributed by atoms with van der Waals surface area (Å²) in [5.74, 6) is -0.225. The number of aromatic hydroxyl groups is 2. The number of ether oxygens (including phenoxy) is 1. The molecule has 2 aromatic carbocycles. The topological polar surface area (TPSA) is 129 Å². The molecule has 0 saturated heterocycles. The van der Waals surface area contributed by atoms with Gasteiger partial charge in [0.05, 0.1) is 24.6 Å². The van der Waals surface area contributed by atoms with E-state index < -0.39 is 17.1 Å². The molecule has 0 saturated carbocycles. The maximum Gasteiger partial charge on any atom is 0.335 e. The Morgan fingerprint density at radius 2 is 2.00 bits per heavy atom. The Kier molecular flexibility index (Phi) is 4.96. The van der Waals surface area contributed by atoms with Crippen molar-refractivity contribution in [2.24, 2.45) is 5.10 Å². The van der Waals surface area contributed by atoms with Gasteiger partial charge in [-0.15, -0.1) is 0 Å². The molecule has 30 heavy (non-hydrogen) atoms. The molecule has 1 aliphatic heterocycles. The number of hydrogen-bond acceptors (Lipinski definition) is 7. The summed E-state index contributed by atoms with van der Waals surface area (Å²) >= 11 is 5.99. The molecule has 4 rings (SSSR count). The third-order valence-corrected chi connectivity index (χ3v) is 5.04. The molecule has 1 atom stereocenters. The van der Waals surface area contributed by atoms with Crippen molar-refractivity contribution in [2.45, 2.75) is 12.5 Å². The Morgan fingerprint density at radius 1 is 1.20 bits per heavy atom. The largest absolute Gasteiger partial charge is 0.504 e. The zero-order chi connectivity index (χ0) is 21.4. The van der Waals surface area contributed by atoms with Gasteiger partial charge in [-0.25, -0.2) is 9.36 Å². The highest BCUT2D eigenvalue weighted by Crippen LogP contribution is 2.32. The van der Waals surface area contributed by atoms with Crippen LogP contribution in [0.2, 0.25) is 5.02 Å². The third kappa shape index (κ3) is 3.39. The molecule has 0 amide bonds. The second kappa shape index (κ2) is 7.60. The summed E-state index contributed by atoms with van der Waals surface area (Å²) < 4.78 is 6.08. The molecular formula is C20H17ClN4O5. The van der Waals surface area contributed by atoms with E-state index in [2.05, 4.69) is 15.5 Å². The quantitative estimate of drug-likeness (QED) is 0.503. The van der Waals surface area contributed by atoms with E-state index in [0.717, 1.165) is 10.1 Å². The Balaban J connectivity index is 1.73. The molecule has 9 nitrogen and oxygen atoms in total. The summed E-state index contributed by atoms with van der Waals surface area (Å²) in [5, 5.41) is 25.1. The van der Waals surface area contributed by atoms with Gasteiger partial charge in [0, 0.05) is 11.4 Å². The summed E-state index contributed by atoms with van der Waals surface area (Å²) in [6, 6.07) is 10.9. The summed E-state index contributed by atoms with van der Waals surface area (Å²) in [4.78, 5) is 27.0. The molecule has 1 unspecified atom stereocenters. The fourth-order valence-electron chi connectivity index (χ4n) is 3.34. The zero-order valence-corrected chi connectivity index (χ0v) is 16.5. The van der Waals surface area contributed by atoms with Crippen molar-refractivity contribution in [3.8, 4) is 23.1 Å². The van der Waals surface area contributed by atoms with Gasteiger partial charge < -0.3 is 20.4 Å². The molecular weight excluding hydrogens is 412 g/mol. The summed E-state index contributed by atoms with van der Waals surface area (Å²) in [6.45, 7) is 0. The Morgan fingerprint density at radius 3 is 2.73 bits per heavy atom. The number of aromatic amines is 1. The number of halogens is 1. The molecule has 1 aromatic heterocycles. The highest BCUT2D eigenvalue weighted by atomic mass is 35.5. The van der Waals surface area contributed by atoms with Gasteiger partial charge >= 0.3 is 5.69 Å². The highest BCUT2D eigenvalue weighted by Gasteiger charge is 2.28. The average Bonchev–Trinajstić information content (AvgIpc) is 3.17. The van der Waals surface area contributed by atoms with Crippen LogP contribution in [0.4, 0.5) is 0 Å². The van der Waals surface area contributed by atoms with Crippen LogP contribution in [-0.2, 0) is 0 Å². The van der Waals surface area contributed by atoms with Gasteiger partial charge in [-0.2, -0.15) is 5.10 Å². The number of hydrogen-bond donors (Lipinski definition) is 4. The number of rotatable bonds is 4. The van der Waals surface area contributed by atoms with E-state index in [1.807, 2.05) is 0 Å². The van der Waals surface area contributed by atoms with Crippen LogP contribution in [0.15, 0.2) is 57.2 Å². The molecule has 0 aliphatic carbocycles. The van der Waals surface area contributed by atoms with E-state index in [-0.39, 0.29) is 29.5 Å². The molecule has 0 bridgehead atoms. The lowest BCUT2D eigenvalue weighted by atomic mass is 9.99. The number of phenolic OH excluding ortho intramolecular Hbond substituents is 1. The van der Waals surface area contributed by atoms with Crippen LogP contribution in [0.1, 0.15) is 23.6 Å². The Labute approximate surface area is 174 Å². The summed E-state index contributed by atoms with van der Waals surface area (Å²) in [7, 11) is 1.44. The number of methoxy groups -OCH3 is 1. The molecule has 1 aliphatic rings. The second-order valence-electron chi connectivity index (χ2n) is 6.65. The molecule has 0 spiro atoms. The first-order valence-corrected chi connectivity index (χ1v) is 9.30. The lowest BCUT2D eigenvalue weighted by molar-refractivity contribution is 0.372. The van der Waals surface area contributed by atoms with Crippen LogP contribution in [0.25, 0.3) is 5.69 Å². The average molecular weight is 429 g/mol. The van der Waals surface area contributed by atoms with Gasteiger partial charge in [-0.3, -0.25) is 9.78 Å². The van der Waals surface area contributed by atoms with E-state index in [4.69, 9.17) is 16.3 Å². The molecule has 154 valence electrons. The van der Waals surface area contributed by atoms with Crippen LogP contribution in [0, 0.1) is 0 Å². The molecule has 3 aromatic rings. The van der Waals surface area contributed by atoms with Crippen LogP contribution >= 0.6 is 11.6 Å². The second-order valence-corrected chi connectivity index (χ2v) is 7.09. The maximum atomic E-state index is 12.5. The van der Waals surface area contributed by atoms with Crippen LogP contribution in [0.5, 0.6) is 17.4 Å². The Hall–Kier alpha value is -3.72. The van der Waals surface area contributed by atoms with Crippen molar-refractivity contribution >= 4 is 17.3 Å². The van der Waals surface area contributed by atoms with E-state index in [0.29, 0.717) is 16.5 Å². The first-order chi connectivity index (χ1) is 14.4. The van der Waals surface area contributed by atoms with E-state index in [1.54, 1.807) is 30.3 Å². The lowest BCUT2D eigenvalue weighted by Crippen LogP contribution is -2.33. The molecule has 4 N–H and O–H groups in total. The van der Waals surface area contributed by atoms with Gasteiger partial charge in [0.2, 0.25) is 5.88 Å². The van der Waals surface area contributed by atoms with Crippen LogP contribution < -0.4 is 21.4 Å². The maximum absolute atomic E-state index is 12.5. The van der Waals surface area contributed by atoms with Gasteiger partial charge in [-0.05, 0) is 35.9 Å². The Bertz CT molecular complexity index is 1280. The first-order valence-electron chi connectivity index (χ1n) is 8.92. The summed E-state index contributed by atoms with van der Waals surface area (Å²) in [5.41, 5.74) is 2.59.